The van der Waals surface area contributed by atoms with Crippen molar-refractivity contribution < 1.29 is 9.53 Å². The van der Waals surface area contributed by atoms with Crippen molar-refractivity contribution in [3.05, 3.63) is 41.5 Å². The van der Waals surface area contributed by atoms with Gasteiger partial charge in [0.25, 0.3) is 0 Å². The van der Waals surface area contributed by atoms with Gasteiger partial charge in [0.15, 0.2) is 5.78 Å². The van der Waals surface area contributed by atoms with Gasteiger partial charge in [-0.05, 0) is 55.7 Å². The van der Waals surface area contributed by atoms with Gasteiger partial charge in [0.1, 0.15) is 5.75 Å². The normalized spacial score (nSPS) is 21.8. The average Bonchev–Trinajstić information content (AvgIpc) is 2.48. The summed E-state index contributed by atoms with van der Waals surface area (Å²) in [4.78, 5) is 12.3. The minimum atomic E-state index is 0.295. The van der Waals surface area contributed by atoms with Crippen LogP contribution in [0.5, 0.6) is 5.75 Å². The lowest BCUT2D eigenvalue weighted by atomic mass is 9.87. The largest absolute Gasteiger partial charge is 0.493 e. The van der Waals surface area contributed by atoms with Crippen molar-refractivity contribution in [2.24, 2.45) is 0 Å². The van der Waals surface area contributed by atoms with Gasteiger partial charge in [-0.1, -0.05) is 30.2 Å². The lowest BCUT2D eigenvalue weighted by Gasteiger charge is -2.25. The molecule has 1 heterocycles. The molecule has 0 spiro atoms. The molecule has 1 saturated carbocycles. The van der Waals surface area contributed by atoms with Gasteiger partial charge >= 0.3 is 0 Å². The van der Waals surface area contributed by atoms with Gasteiger partial charge in [-0.25, -0.2) is 0 Å². The Morgan fingerprint density at radius 2 is 2.00 bits per heavy atom. The summed E-state index contributed by atoms with van der Waals surface area (Å²) in [6, 6.07) is 8.13. The molecule has 0 amide bonds. The first-order valence-electron chi connectivity index (χ1n) is 7.77. The van der Waals surface area contributed by atoms with E-state index in [9.17, 15) is 4.79 Å². The zero-order valence-electron chi connectivity index (χ0n) is 11.9. The van der Waals surface area contributed by atoms with Crippen molar-refractivity contribution in [3.8, 4) is 5.75 Å². The van der Waals surface area contributed by atoms with Gasteiger partial charge in [0.05, 0.1) is 6.61 Å². The van der Waals surface area contributed by atoms with E-state index in [4.69, 9.17) is 4.74 Å². The summed E-state index contributed by atoms with van der Waals surface area (Å²) in [6.07, 6.45) is 9.57. The number of benzene rings is 1. The summed E-state index contributed by atoms with van der Waals surface area (Å²) in [7, 11) is 0. The number of hydrogen-bond donors (Lipinski definition) is 0. The number of para-hydroxylation sites is 1. The van der Waals surface area contributed by atoms with E-state index in [1.54, 1.807) is 0 Å². The number of carbonyl (C=O) groups excluding carboxylic acids is 1. The summed E-state index contributed by atoms with van der Waals surface area (Å²) in [6.45, 7) is 0.728. The highest BCUT2D eigenvalue weighted by Gasteiger charge is 2.23. The predicted octanol–water partition coefficient (Wildman–Crippen LogP) is 4.40. The van der Waals surface area contributed by atoms with Crippen LogP contribution in [-0.2, 0) is 4.79 Å². The lowest BCUT2D eigenvalue weighted by Crippen LogP contribution is -2.16. The summed E-state index contributed by atoms with van der Waals surface area (Å²) in [5.41, 5.74) is 2.57. The quantitative estimate of drug-likeness (QED) is 0.761. The molecule has 20 heavy (non-hydrogen) atoms. The Balaban J connectivity index is 1.67. The molecule has 2 nitrogen and oxygen atoms in total. The maximum Gasteiger partial charge on any atom is 0.156 e. The van der Waals surface area contributed by atoms with Crippen LogP contribution in [0.1, 0.15) is 56.4 Å². The molecule has 1 unspecified atom stereocenters. The Hall–Kier alpha value is -1.57. The molecular formula is C18H22O2. The van der Waals surface area contributed by atoms with Crippen LogP contribution in [0.25, 0.3) is 0 Å². The van der Waals surface area contributed by atoms with Gasteiger partial charge in [-0.15, -0.1) is 0 Å². The molecule has 3 rings (SSSR count). The minimum absolute atomic E-state index is 0.295. The Bertz CT molecular complexity index is 508. The first kappa shape index (κ1) is 13.4. The van der Waals surface area contributed by atoms with Crippen LogP contribution >= 0.6 is 0 Å². The van der Waals surface area contributed by atoms with E-state index >= 15 is 0 Å². The monoisotopic (exact) mass is 270 g/mol. The molecule has 1 aromatic rings. The zero-order chi connectivity index (χ0) is 13.8. The molecule has 0 radical (unpaired) electrons. The predicted molar refractivity (Wildman–Crippen MR) is 80.1 cm³/mol. The maximum atomic E-state index is 12.3. The van der Waals surface area contributed by atoms with Gasteiger partial charge in [-0.3, -0.25) is 4.79 Å². The van der Waals surface area contributed by atoms with E-state index in [0.717, 1.165) is 31.6 Å². The number of hydrogen-bond acceptors (Lipinski definition) is 2. The topological polar surface area (TPSA) is 26.3 Å². The van der Waals surface area contributed by atoms with E-state index in [-0.39, 0.29) is 0 Å². The van der Waals surface area contributed by atoms with E-state index in [1.165, 1.54) is 30.4 Å². The van der Waals surface area contributed by atoms with Gasteiger partial charge in [0.2, 0.25) is 0 Å². The average molecular weight is 270 g/mol. The van der Waals surface area contributed by atoms with E-state index in [2.05, 4.69) is 6.07 Å². The molecule has 0 bridgehead atoms. The third-order valence-electron chi connectivity index (χ3n) is 4.39. The highest BCUT2D eigenvalue weighted by atomic mass is 16.5. The summed E-state index contributed by atoms with van der Waals surface area (Å²) in [5.74, 6) is 1.58. The zero-order valence-corrected chi connectivity index (χ0v) is 11.9. The molecular weight excluding hydrogens is 248 g/mol. The Morgan fingerprint density at radius 1 is 1.20 bits per heavy atom. The second-order valence-corrected chi connectivity index (χ2v) is 5.91. The second kappa shape index (κ2) is 6.25. The SMILES string of the molecule is O=C(C=C1CCCCC1)CC1CCOc2ccccc21. The number of carbonyl (C=O) groups is 1. The first-order valence-corrected chi connectivity index (χ1v) is 7.77. The Kier molecular flexibility index (Phi) is 4.19. The fraction of sp³-hybridized carbons (Fsp3) is 0.500. The highest BCUT2D eigenvalue weighted by molar-refractivity contribution is 5.91. The number of fused-ring (bicyclic) bond motifs is 1. The fourth-order valence-electron chi connectivity index (χ4n) is 3.31. The van der Waals surface area contributed by atoms with Crippen LogP contribution in [0.4, 0.5) is 0 Å². The molecule has 1 fully saturated rings. The van der Waals surface area contributed by atoms with Gasteiger partial charge in [0, 0.05) is 6.42 Å². The van der Waals surface area contributed by atoms with Crippen LogP contribution in [0.15, 0.2) is 35.9 Å². The standard InChI is InChI=1S/C18H22O2/c19-16(12-14-6-2-1-3-7-14)13-15-10-11-20-18-9-5-4-8-17(15)18/h4-5,8-9,12,15H,1-3,6-7,10-11,13H2. The maximum absolute atomic E-state index is 12.3. The molecule has 1 aromatic carbocycles. The molecule has 106 valence electrons. The van der Waals surface area contributed by atoms with Crippen molar-refractivity contribution in [3.63, 3.8) is 0 Å². The lowest BCUT2D eigenvalue weighted by molar-refractivity contribution is -0.115. The van der Waals surface area contributed by atoms with E-state index in [0.29, 0.717) is 18.1 Å². The van der Waals surface area contributed by atoms with Crippen molar-refractivity contribution in [1.82, 2.24) is 0 Å². The molecule has 0 N–H and O–H groups in total. The van der Waals surface area contributed by atoms with Crippen molar-refractivity contribution >= 4 is 5.78 Å². The fourth-order valence-corrected chi connectivity index (χ4v) is 3.31. The third-order valence-corrected chi connectivity index (χ3v) is 4.39. The van der Waals surface area contributed by atoms with Crippen LogP contribution in [0.3, 0.4) is 0 Å². The molecule has 1 aliphatic heterocycles. The molecule has 1 atom stereocenters. The number of ketones is 1. The minimum Gasteiger partial charge on any atom is -0.493 e. The summed E-state index contributed by atoms with van der Waals surface area (Å²) >= 11 is 0. The Labute approximate surface area is 120 Å². The Morgan fingerprint density at radius 3 is 2.85 bits per heavy atom. The first-order chi connectivity index (χ1) is 9.83. The van der Waals surface area contributed by atoms with Crippen molar-refractivity contribution in [1.29, 1.82) is 0 Å². The molecule has 2 aliphatic rings. The molecule has 1 aliphatic carbocycles. The van der Waals surface area contributed by atoms with Crippen LogP contribution in [0.2, 0.25) is 0 Å². The molecule has 2 heteroatoms. The summed E-state index contributed by atoms with van der Waals surface area (Å²) < 4.78 is 5.66. The third kappa shape index (κ3) is 3.12. The number of ether oxygens (including phenoxy) is 1. The smallest absolute Gasteiger partial charge is 0.156 e. The van der Waals surface area contributed by atoms with E-state index < -0.39 is 0 Å². The summed E-state index contributed by atoms with van der Waals surface area (Å²) in [5, 5.41) is 0. The van der Waals surface area contributed by atoms with Crippen molar-refractivity contribution in [2.45, 2.75) is 50.9 Å². The second-order valence-electron chi connectivity index (χ2n) is 5.91. The van der Waals surface area contributed by atoms with Crippen LogP contribution in [-0.4, -0.2) is 12.4 Å². The number of rotatable bonds is 3. The highest BCUT2D eigenvalue weighted by Crippen LogP contribution is 2.35. The molecule has 0 aromatic heterocycles. The van der Waals surface area contributed by atoms with E-state index in [1.807, 2.05) is 24.3 Å². The molecule has 0 saturated heterocycles. The van der Waals surface area contributed by atoms with Gasteiger partial charge < -0.3 is 4.74 Å². The number of allylic oxidation sites excluding steroid dienone is 2. The van der Waals surface area contributed by atoms with Gasteiger partial charge in [-0.2, -0.15) is 0 Å². The van der Waals surface area contributed by atoms with Crippen molar-refractivity contribution in [2.75, 3.05) is 6.61 Å². The van der Waals surface area contributed by atoms with Crippen LogP contribution < -0.4 is 4.74 Å². The van der Waals surface area contributed by atoms with Crippen LogP contribution in [0, 0.1) is 0 Å².